The first-order valence-electron chi connectivity index (χ1n) is 6.24. The average molecular weight is 304 g/mol. The highest BCUT2D eigenvalue weighted by Gasteiger charge is 2.20. The number of hydrogen-bond acceptors (Lipinski definition) is 4. The van der Waals surface area contributed by atoms with Gasteiger partial charge in [0.2, 0.25) is 0 Å². The van der Waals surface area contributed by atoms with Crippen LogP contribution in [0, 0.1) is 0 Å². The van der Waals surface area contributed by atoms with Gasteiger partial charge in [-0.2, -0.15) is 0 Å². The topological polar surface area (TPSA) is 55.4 Å². The van der Waals surface area contributed by atoms with Gasteiger partial charge in [-0.1, -0.05) is 11.6 Å². The fourth-order valence-corrected chi connectivity index (χ4v) is 3.01. The quantitative estimate of drug-likeness (QED) is 0.933. The van der Waals surface area contributed by atoms with Crippen molar-refractivity contribution in [3.05, 3.63) is 23.2 Å². The molecule has 19 heavy (non-hydrogen) atoms. The van der Waals surface area contributed by atoms with E-state index in [0.717, 1.165) is 12.8 Å². The molecule has 1 aliphatic rings. The number of nitrogens with one attached hydrogen (secondary N) is 1. The van der Waals surface area contributed by atoms with Crippen LogP contribution in [0.2, 0.25) is 5.02 Å². The molecule has 0 radical (unpaired) electrons. The van der Waals surface area contributed by atoms with Crippen LogP contribution in [0.5, 0.6) is 0 Å². The highest BCUT2D eigenvalue weighted by Crippen LogP contribution is 2.28. The predicted molar refractivity (Wildman–Crippen MR) is 76.6 cm³/mol. The van der Waals surface area contributed by atoms with E-state index in [1.54, 1.807) is 12.1 Å². The third-order valence-corrected chi connectivity index (χ3v) is 4.65. The standard InChI is InChI=1S/C13H18ClNO3S/c1-9-7-10(5-6-18-9)15-13-8-11(19(2,16)17)3-4-12(13)14/h3-4,8-10,15H,5-7H2,1-2H3. The fraction of sp³-hybridized carbons (Fsp3) is 0.538. The minimum atomic E-state index is -3.22. The first-order chi connectivity index (χ1) is 8.86. The zero-order chi connectivity index (χ0) is 14.0. The molecule has 0 saturated carbocycles. The van der Waals surface area contributed by atoms with Crippen molar-refractivity contribution >= 4 is 27.1 Å². The molecular weight excluding hydrogens is 286 g/mol. The summed E-state index contributed by atoms with van der Waals surface area (Å²) in [6.07, 6.45) is 3.18. The summed E-state index contributed by atoms with van der Waals surface area (Å²) in [6.45, 7) is 2.74. The Morgan fingerprint density at radius 3 is 2.79 bits per heavy atom. The van der Waals surface area contributed by atoms with Crippen molar-refractivity contribution in [1.82, 2.24) is 0 Å². The van der Waals surface area contributed by atoms with Crippen molar-refractivity contribution < 1.29 is 13.2 Å². The smallest absolute Gasteiger partial charge is 0.175 e. The molecule has 1 aromatic carbocycles. The number of rotatable bonds is 3. The summed E-state index contributed by atoms with van der Waals surface area (Å²) in [5.74, 6) is 0. The lowest BCUT2D eigenvalue weighted by Gasteiger charge is -2.29. The molecule has 1 aromatic rings. The van der Waals surface area contributed by atoms with Crippen molar-refractivity contribution in [3.8, 4) is 0 Å². The summed E-state index contributed by atoms with van der Waals surface area (Å²) in [4.78, 5) is 0.277. The largest absolute Gasteiger partial charge is 0.381 e. The van der Waals surface area contributed by atoms with Gasteiger partial charge in [0, 0.05) is 18.9 Å². The van der Waals surface area contributed by atoms with E-state index in [4.69, 9.17) is 16.3 Å². The normalized spacial score (nSPS) is 24.2. The lowest BCUT2D eigenvalue weighted by Crippen LogP contribution is -2.32. The van der Waals surface area contributed by atoms with Crippen molar-refractivity contribution in [2.24, 2.45) is 0 Å². The van der Waals surface area contributed by atoms with Gasteiger partial charge in [-0.3, -0.25) is 0 Å². The van der Waals surface area contributed by atoms with Crippen LogP contribution in [0.3, 0.4) is 0 Å². The van der Waals surface area contributed by atoms with Gasteiger partial charge < -0.3 is 10.1 Å². The second-order valence-corrected chi connectivity index (χ2v) is 7.38. The van der Waals surface area contributed by atoms with Crippen LogP contribution >= 0.6 is 11.6 Å². The van der Waals surface area contributed by atoms with E-state index >= 15 is 0 Å². The summed E-state index contributed by atoms with van der Waals surface area (Å²) in [7, 11) is -3.22. The molecule has 0 spiro atoms. The Bertz CT molecular complexity index is 559. The van der Waals surface area contributed by atoms with Crippen molar-refractivity contribution in [1.29, 1.82) is 0 Å². The zero-order valence-corrected chi connectivity index (χ0v) is 12.6. The van der Waals surface area contributed by atoms with E-state index in [1.807, 2.05) is 6.92 Å². The third-order valence-electron chi connectivity index (χ3n) is 3.21. The number of ether oxygens (including phenoxy) is 1. The monoisotopic (exact) mass is 303 g/mol. The number of sulfone groups is 1. The lowest BCUT2D eigenvalue weighted by atomic mass is 10.0. The molecule has 0 amide bonds. The Morgan fingerprint density at radius 2 is 2.16 bits per heavy atom. The number of hydrogen-bond donors (Lipinski definition) is 1. The summed E-state index contributed by atoms with van der Waals surface area (Å²) in [6, 6.07) is 4.99. The molecule has 2 rings (SSSR count). The molecule has 1 N–H and O–H groups in total. The van der Waals surface area contributed by atoms with E-state index in [-0.39, 0.29) is 17.0 Å². The van der Waals surface area contributed by atoms with Crippen LogP contribution < -0.4 is 5.32 Å². The molecule has 2 atom stereocenters. The molecule has 1 heterocycles. The number of halogens is 1. The minimum absolute atomic E-state index is 0.211. The maximum atomic E-state index is 11.5. The lowest BCUT2D eigenvalue weighted by molar-refractivity contribution is 0.0232. The molecule has 106 valence electrons. The van der Waals surface area contributed by atoms with E-state index in [2.05, 4.69) is 5.32 Å². The number of anilines is 1. The van der Waals surface area contributed by atoms with Crippen LogP contribution in [-0.2, 0) is 14.6 Å². The molecular formula is C13H18ClNO3S. The molecule has 4 nitrogen and oxygen atoms in total. The highest BCUT2D eigenvalue weighted by atomic mass is 35.5. The van der Waals surface area contributed by atoms with Gasteiger partial charge in [-0.05, 0) is 38.0 Å². The molecule has 2 unspecified atom stereocenters. The van der Waals surface area contributed by atoms with E-state index < -0.39 is 9.84 Å². The molecule has 1 fully saturated rings. The van der Waals surface area contributed by atoms with Crippen molar-refractivity contribution in [2.75, 3.05) is 18.2 Å². The SMILES string of the molecule is CC1CC(Nc2cc(S(C)(=O)=O)ccc2Cl)CCO1. The van der Waals surface area contributed by atoms with Gasteiger partial charge in [0.15, 0.2) is 9.84 Å². The molecule has 0 aliphatic carbocycles. The zero-order valence-electron chi connectivity index (χ0n) is 11.0. The Hall–Kier alpha value is -0.780. The second-order valence-electron chi connectivity index (χ2n) is 4.96. The van der Waals surface area contributed by atoms with Gasteiger partial charge in [-0.15, -0.1) is 0 Å². The van der Waals surface area contributed by atoms with Crippen LogP contribution in [-0.4, -0.2) is 33.4 Å². The molecule has 6 heteroatoms. The van der Waals surface area contributed by atoms with Crippen LogP contribution in [0.15, 0.2) is 23.1 Å². The Morgan fingerprint density at radius 1 is 1.42 bits per heavy atom. The van der Waals surface area contributed by atoms with Gasteiger partial charge >= 0.3 is 0 Å². The van der Waals surface area contributed by atoms with Crippen molar-refractivity contribution in [2.45, 2.75) is 36.8 Å². The summed E-state index contributed by atoms with van der Waals surface area (Å²) in [5.41, 5.74) is 0.670. The summed E-state index contributed by atoms with van der Waals surface area (Å²) in [5, 5.41) is 3.85. The summed E-state index contributed by atoms with van der Waals surface area (Å²) >= 11 is 6.11. The van der Waals surface area contributed by atoms with E-state index in [0.29, 0.717) is 17.3 Å². The first-order valence-corrected chi connectivity index (χ1v) is 8.51. The number of benzene rings is 1. The van der Waals surface area contributed by atoms with Crippen molar-refractivity contribution in [3.63, 3.8) is 0 Å². The first kappa shape index (κ1) is 14.6. The van der Waals surface area contributed by atoms with Gasteiger partial charge in [0.05, 0.1) is 21.7 Å². The van der Waals surface area contributed by atoms with Gasteiger partial charge in [0.1, 0.15) is 0 Å². The second kappa shape index (κ2) is 5.69. The maximum absolute atomic E-state index is 11.5. The average Bonchev–Trinajstić information content (AvgIpc) is 2.30. The van der Waals surface area contributed by atoms with E-state index in [1.165, 1.54) is 12.3 Å². The minimum Gasteiger partial charge on any atom is -0.381 e. The van der Waals surface area contributed by atoms with Crippen LogP contribution in [0.4, 0.5) is 5.69 Å². The van der Waals surface area contributed by atoms with Crippen LogP contribution in [0.25, 0.3) is 0 Å². The molecule has 1 saturated heterocycles. The van der Waals surface area contributed by atoms with Gasteiger partial charge in [0.25, 0.3) is 0 Å². The summed E-state index contributed by atoms with van der Waals surface area (Å²) < 4.78 is 28.6. The predicted octanol–water partition coefficient (Wildman–Crippen LogP) is 2.72. The Balaban J connectivity index is 2.19. The third kappa shape index (κ3) is 3.84. The van der Waals surface area contributed by atoms with E-state index in [9.17, 15) is 8.42 Å². The highest BCUT2D eigenvalue weighted by molar-refractivity contribution is 7.90. The van der Waals surface area contributed by atoms with Gasteiger partial charge in [-0.25, -0.2) is 8.42 Å². The molecule has 0 aromatic heterocycles. The van der Waals surface area contributed by atoms with Crippen LogP contribution in [0.1, 0.15) is 19.8 Å². The molecule has 1 aliphatic heterocycles. The maximum Gasteiger partial charge on any atom is 0.175 e. The molecule has 0 bridgehead atoms. The Kier molecular flexibility index (Phi) is 4.38. The fourth-order valence-electron chi connectivity index (χ4n) is 2.19. The Labute approximate surface area is 119 Å².